The number of nitrogens with zero attached hydrogens (tertiary/aromatic N) is 3. The molecule has 6 nitrogen and oxygen atoms in total. The third-order valence-corrected chi connectivity index (χ3v) is 7.37. The lowest BCUT2D eigenvalue weighted by Crippen LogP contribution is -2.45. The molecule has 0 spiro atoms. The Kier molecular flexibility index (Phi) is 5.40. The van der Waals surface area contributed by atoms with E-state index in [1.165, 1.54) is 11.8 Å². The number of benzene rings is 2. The third kappa shape index (κ3) is 3.87. The fourth-order valence-electron chi connectivity index (χ4n) is 3.70. The molecule has 1 N–H and O–H groups in total. The molecule has 1 atom stereocenters. The summed E-state index contributed by atoms with van der Waals surface area (Å²) in [7, 11) is 0. The van der Waals surface area contributed by atoms with E-state index in [1.54, 1.807) is 22.3 Å². The van der Waals surface area contributed by atoms with Crippen LogP contribution in [-0.2, 0) is 9.59 Å². The predicted octanol–water partition coefficient (Wildman–Crippen LogP) is 5.13. The average molecular weight is 461 g/mol. The van der Waals surface area contributed by atoms with Gasteiger partial charge in [-0.25, -0.2) is 9.97 Å². The van der Waals surface area contributed by atoms with Crippen LogP contribution in [0.2, 0.25) is 0 Å². The van der Waals surface area contributed by atoms with Crippen LogP contribution in [0.25, 0.3) is 20.7 Å². The highest BCUT2D eigenvalue weighted by atomic mass is 32.2. The van der Waals surface area contributed by atoms with Crippen molar-refractivity contribution in [1.29, 1.82) is 0 Å². The van der Waals surface area contributed by atoms with Gasteiger partial charge in [0.1, 0.15) is 22.2 Å². The molecule has 1 aliphatic heterocycles. The first-order valence-electron chi connectivity index (χ1n) is 10.2. The normalized spacial score (nSPS) is 14.2. The van der Waals surface area contributed by atoms with Crippen molar-refractivity contribution in [2.24, 2.45) is 0 Å². The first-order chi connectivity index (χ1) is 15.5. The first kappa shape index (κ1) is 20.7. The van der Waals surface area contributed by atoms with E-state index < -0.39 is 5.25 Å². The number of hydrogen-bond donors (Lipinski definition) is 1. The quantitative estimate of drug-likeness (QED) is 0.337. The van der Waals surface area contributed by atoms with E-state index in [2.05, 4.69) is 33.5 Å². The maximum Gasteiger partial charge on any atom is 0.244 e. The number of thiophene rings is 1. The maximum atomic E-state index is 13.3. The molecular weight excluding hydrogens is 440 g/mol. The molecule has 160 valence electrons. The fourth-order valence-corrected chi connectivity index (χ4v) is 5.88. The second kappa shape index (κ2) is 8.37. The Morgan fingerprint density at radius 3 is 2.69 bits per heavy atom. The highest BCUT2D eigenvalue weighted by Crippen LogP contribution is 2.38. The zero-order valence-electron chi connectivity index (χ0n) is 17.5. The molecule has 3 heterocycles. The number of thioether (sulfide) groups is 1. The number of rotatable bonds is 4. The highest BCUT2D eigenvalue weighted by molar-refractivity contribution is 8.00. The SMILES string of the molecule is Cc1nc(S[C@H](C)C(=O)N2CC(=O)Nc3ccccc32)c2cc(-c3ccccc3)sc2n1. The van der Waals surface area contributed by atoms with Gasteiger partial charge in [-0.15, -0.1) is 11.3 Å². The molecule has 2 amide bonds. The number of para-hydroxylation sites is 2. The first-order valence-corrected chi connectivity index (χ1v) is 11.9. The molecule has 2 aromatic heterocycles. The van der Waals surface area contributed by atoms with Crippen molar-refractivity contribution in [2.75, 3.05) is 16.8 Å². The van der Waals surface area contributed by atoms with E-state index in [0.717, 1.165) is 31.4 Å². The Morgan fingerprint density at radius 1 is 1.12 bits per heavy atom. The number of anilines is 2. The average Bonchev–Trinajstić information content (AvgIpc) is 3.23. The molecule has 0 saturated heterocycles. The summed E-state index contributed by atoms with van der Waals surface area (Å²) in [6.45, 7) is 3.73. The van der Waals surface area contributed by atoms with E-state index in [1.807, 2.05) is 50.2 Å². The molecule has 0 aliphatic carbocycles. The zero-order valence-corrected chi connectivity index (χ0v) is 19.2. The fraction of sp³-hybridized carbons (Fsp3) is 0.167. The van der Waals surface area contributed by atoms with Crippen molar-refractivity contribution in [3.63, 3.8) is 0 Å². The van der Waals surface area contributed by atoms with Crippen LogP contribution in [0.4, 0.5) is 11.4 Å². The summed E-state index contributed by atoms with van der Waals surface area (Å²) in [5, 5.41) is 4.12. The summed E-state index contributed by atoms with van der Waals surface area (Å²) in [5.41, 5.74) is 2.50. The number of amides is 2. The van der Waals surface area contributed by atoms with Gasteiger partial charge in [-0.3, -0.25) is 14.5 Å². The Bertz CT molecular complexity index is 1340. The van der Waals surface area contributed by atoms with Crippen molar-refractivity contribution >= 4 is 56.5 Å². The Labute approximate surface area is 193 Å². The van der Waals surface area contributed by atoms with E-state index in [0.29, 0.717) is 11.5 Å². The second-order valence-corrected chi connectivity index (χ2v) is 9.88. The number of fused-ring (bicyclic) bond motifs is 2. The zero-order chi connectivity index (χ0) is 22.2. The van der Waals surface area contributed by atoms with Crippen LogP contribution in [0, 0.1) is 6.92 Å². The van der Waals surface area contributed by atoms with Crippen LogP contribution in [0.5, 0.6) is 0 Å². The van der Waals surface area contributed by atoms with Gasteiger partial charge in [0, 0.05) is 10.3 Å². The van der Waals surface area contributed by atoms with Gasteiger partial charge in [0.05, 0.1) is 16.6 Å². The lowest BCUT2D eigenvalue weighted by atomic mass is 10.2. The van der Waals surface area contributed by atoms with Crippen LogP contribution in [0.1, 0.15) is 12.7 Å². The molecule has 0 unspecified atom stereocenters. The Balaban J connectivity index is 1.46. The topological polar surface area (TPSA) is 75.2 Å². The lowest BCUT2D eigenvalue weighted by molar-refractivity contribution is -0.121. The Hall–Kier alpha value is -3.23. The van der Waals surface area contributed by atoms with Crippen LogP contribution in [0.3, 0.4) is 0 Å². The standard InChI is InChI=1S/C24H20N4O2S2/c1-14(24(30)28-13-21(29)27-18-10-6-7-11-19(18)28)31-22-17-12-20(16-8-4-3-5-9-16)32-23(17)26-15(2)25-22/h3-12,14H,13H2,1-2H3,(H,27,29)/t14-/m1/s1. The number of carbonyl (C=O) groups excluding carboxylic acids is 2. The summed E-state index contributed by atoms with van der Waals surface area (Å²) in [5.74, 6) is 0.351. The van der Waals surface area contributed by atoms with E-state index in [9.17, 15) is 9.59 Å². The smallest absolute Gasteiger partial charge is 0.244 e. The molecule has 0 radical (unpaired) electrons. The molecule has 8 heteroatoms. The number of carbonyl (C=O) groups is 2. The van der Waals surface area contributed by atoms with Crippen LogP contribution in [-0.4, -0.2) is 33.6 Å². The molecule has 2 aromatic carbocycles. The van der Waals surface area contributed by atoms with Crippen molar-refractivity contribution in [2.45, 2.75) is 24.1 Å². The van der Waals surface area contributed by atoms with E-state index in [4.69, 9.17) is 0 Å². The highest BCUT2D eigenvalue weighted by Gasteiger charge is 2.30. The monoisotopic (exact) mass is 460 g/mol. The number of aromatic nitrogens is 2. The van der Waals surface area contributed by atoms with E-state index >= 15 is 0 Å². The summed E-state index contributed by atoms with van der Waals surface area (Å²) >= 11 is 3.03. The van der Waals surface area contributed by atoms with Gasteiger partial charge in [0.25, 0.3) is 0 Å². The summed E-state index contributed by atoms with van der Waals surface area (Å²) in [4.78, 5) is 38.3. The molecule has 32 heavy (non-hydrogen) atoms. The van der Waals surface area contributed by atoms with Gasteiger partial charge in [-0.1, -0.05) is 54.2 Å². The van der Waals surface area contributed by atoms with Gasteiger partial charge in [0.15, 0.2) is 0 Å². The predicted molar refractivity (Wildman–Crippen MR) is 130 cm³/mol. The van der Waals surface area contributed by atoms with Gasteiger partial charge >= 0.3 is 0 Å². The maximum absolute atomic E-state index is 13.3. The van der Waals surface area contributed by atoms with Gasteiger partial charge in [0.2, 0.25) is 11.8 Å². The summed E-state index contributed by atoms with van der Waals surface area (Å²) in [6.07, 6.45) is 0. The minimum absolute atomic E-state index is 0.00949. The molecular formula is C24H20N4O2S2. The van der Waals surface area contributed by atoms with Gasteiger partial charge in [-0.2, -0.15) is 0 Å². The van der Waals surface area contributed by atoms with E-state index in [-0.39, 0.29) is 18.4 Å². The van der Waals surface area contributed by atoms with Crippen LogP contribution < -0.4 is 10.2 Å². The van der Waals surface area contributed by atoms with Gasteiger partial charge in [-0.05, 0) is 37.6 Å². The van der Waals surface area contributed by atoms with Crippen LogP contribution >= 0.6 is 23.1 Å². The third-order valence-electron chi connectivity index (χ3n) is 5.20. The van der Waals surface area contributed by atoms with Crippen molar-refractivity contribution in [3.8, 4) is 10.4 Å². The Morgan fingerprint density at radius 2 is 1.88 bits per heavy atom. The number of nitrogens with one attached hydrogen (secondary N) is 1. The molecule has 0 saturated carbocycles. The summed E-state index contributed by atoms with van der Waals surface area (Å²) < 4.78 is 0. The number of aryl methyl sites for hydroxylation is 1. The van der Waals surface area contributed by atoms with Crippen molar-refractivity contribution in [1.82, 2.24) is 9.97 Å². The second-order valence-electron chi connectivity index (χ2n) is 7.52. The number of hydrogen-bond acceptors (Lipinski definition) is 6. The lowest BCUT2D eigenvalue weighted by Gasteiger charge is -2.30. The molecule has 5 rings (SSSR count). The van der Waals surface area contributed by atoms with Crippen molar-refractivity contribution in [3.05, 3.63) is 66.5 Å². The summed E-state index contributed by atoms with van der Waals surface area (Å²) in [6, 6.07) is 19.6. The minimum Gasteiger partial charge on any atom is -0.323 e. The van der Waals surface area contributed by atoms with Gasteiger partial charge < -0.3 is 5.32 Å². The largest absolute Gasteiger partial charge is 0.323 e. The molecule has 0 fully saturated rings. The van der Waals surface area contributed by atoms with Crippen molar-refractivity contribution < 1.29 is 9.59 Å². The molecule has 4 aromatic rings. The minimum atomic E-state index is -0.425. The van der Waals surface area contributed by atoms with Crippen LogP contribution in [0.15, 0.2) is 65.7 Å². The molecule has 0 bridgehead atoms. The molecule has 1 aliphatic rings.